The molecule has 0 aromatic rings. The van der Waals surface area contributed by atoms with Crippen molar-refractivity contribution in [3.05, 3.63) is 0 Å². The second-order valence-corrected chi connectivity index (χ2v) is 0. The SMILES string of the molecule is [Cl-].[Cl-].[Cl-].[Cl-].[Cl-].[Cl-].[Lu+3].[Yb+3]. The minimum Gasteiger partial charge on any atom is -1.00 e. The smallest absolute Gasteiger partial charge is 1.00 e. The number of rotatable bonds is 0. The molecule has 71 valence electrons. The summed E-state index contributed by atoms with van der Waals surface area (Å²) in [4.78, 5) is 0. The van der Waals surface area contributed by atoms with E-state index in [9.17, 15) is 0 Å². The molecule has 0 unspecified atom stereocenters. The standard InChI is InChI=1S/6ClH.Lu.Yb/h6*1H;;/q;;;;;;2*+3/p-6. The maximum Gasteiger partial charge on any atom is 3.00 e. The van der Waals surface area contributed by atoms with Crippen molar-refractivity contribution in [2.45, 2.75) is 0 Å². The number of hydrogen-bond acceptors (Lipinski definition) is 0. The van der Waals surface area contributed by atoms with Gasteiger partial charge in [0.15, 0.2) is 0 Å². The number of halogens is 6. The molecule has 0 saturated carbocycles. The minimum atomic E-state index is 0. The molecule has 0 heterocycles. The molecule has 0 atom stereocenters. The van der Waals surface area contributed by atoms with Crippen LogP contribution in [0.1, 0.15) is 0 Å². The van der Waals surface area contributed by atoms with Crippen molar-refractivity contribution in [3.8, 4) is 0 Å². The second kappa shape index (κ2) is 62.7. The fraction of sp³-hybridized carbons (Fsp3) is 0. The zero-order chi connectivity index (χ0) is 0. The third kappa shape index (κ3) is 46.8. The molecular formula is Cl6LuYb. The first kappa shape index (κ1) is 81.7. The molecule has 0 rings (SSSR count). The van der Waals surface area contributed by atoms with Gasteiger partial charge in [0, 0.05) is 0 Å². The first-order valence-corrected chi connectivity index (χ1v) is 0. The summed E-state index contributed by atoms with van der Waals surface area (Å²) in [5, 5.41) is 0. The molecule has 0 N–H and O–H groups in total. The van der Waals surface area contributed by atoms with E-state index < -0.39 is 0 Å². The Kier molecular flexibility index (Phi) is 640. The summed E-state index contributed by atoms with van der Waals surface area (Å²) in [6.45, 7) is 0. The van der Waals surface area contributed by atoms with Crippen LogP contribution in [0.5, 0.6) is 0 Å². The first-order chi connectivity index (χ1) is 0. The van der Waals surface area contributed by atoms with Crippen LogP contribution in [0.4, 0.5) is 0 Å². The second-order valence-electron chi connectivity index (χ2n) is 0. The van der Waals surface area contributed by atoms with Crippen LogP contribution in [0.25, 0.3) is 0 Å². The van der Waals surface area contributed by atoms with Gasteiger partial charge in [0.05, 0.1) is 0 Å². The Balaban J connectivity index is 0. The van der Waals surface area contributed by atoms with E-state index in [0.29, 0.717) is 0 Å². The van der Waals surface area contributed by atoms with Gasteiger partial charge in [0.25, 0.3) is 0 Å². The van der Waals surface area contributed by atoms with E-state index in [4.69, 9.17) is 0 Å². The van der Waals surface area contributed by atoms with Gasteiger partial charge in [-0.15, -0.1) is 0 Å². The average Bonchev–Trinajstić information content (AvgIpc) is 0. The maximum atomic E-state index is 0. The molecule has 0 aliphatic carbocycles. The van der Waals surface area contributed by atoms with Gasteiger partial charge in [0.1, 0.15) is 0 Å². The van der Waals surface area contributed by atoms with E-state index in [0.717, 1.165) is 0 Å². The summed E-state index contributed by atoms with van der Waals surface area (Å²) in [5.74, 6) is 0. The van der Waals surface area contributed by atoms with E-state index in [1.54, 1.807) is 0 Å². The molecule has 0 spiro atoms. The van der Waals surface area contributed by atoms with Crippen molar-refractivity contribution in [1.82, 2.24) is 0 Å². The topological polar surface area (TPSA) is 0 Å². The third-order valence-electron chi connectivity index (χ3n) is 0. The summed E-state index contributed by atoms with van der Waals surface area (Å²) in [7, 11) is 0. The largest absolute Gasteiger partial charge is 3.00 e. The molecule has 0 saturated heterocycles. The maximum absolute atomic E-state index is 0. The van der Waals surface area contributed by atoms with E-state index in [1.807, 2.05) is 0 Å². The van der Waals surface area contributed by atoms with Gasteiger partial charge in [-0.3, -0.25) is 0 Å². The Labute approximate surface area is 154 Å². The van der Waals surface area contributed by atoms with Crippen LogP contribution in [0.15, 0.2) is 0 Å². The van der Waals surface area contributed by atoms with Gasteiger partial charge >= 0.3 is 83.8 Å². The molecule has 0 aromatic heterocycles. The van der Waals surface area contributed by atoms with Crippen LogP contribution in [0.2, 0.25) is 0 Å². The van der Waals surface area contributed by atoms with Crippen molar-refractivity contribution in [2.24, 2.45) is 0 Å². The molecule has 1 radical (unpaired) electrons. The van der Waals surface area contributed by atoms with Crippen molar-refractivity contribution in [2.75, 3.05) is 0 Å². The van der Waals surface area contributed by atoms with Gasteiger partial charge in [-0.2, -0.15) is 0 Å². The summed E-state index contributed by atoms with van der Waals surface area (Å²) in [6, 6.07) is 0. The molecule has 0 aromatic carbocycles. The fourth-order valence-corrected chi connectivity index (χ4v) is 0. The van der Waals surface area contributed by atoms with Crippen LogP contribution in [-0.2, 0) is 0 Å². The molecule has 0 aliphatic rings. The van der Waals surface area contributed by atoms with Gasteiger partial charge < -0.3 is 74.4 Å². The minimum absolute atomic E-state index is 0. The molecule has 0 amide bonds. The van der Waals surface area contributed by atoms with E-state index in [1.165, 1.54) is 0 Å². The predicted molar refractivity (Wildman–Crippen MR) is 0 cm³/mol. The summed E-state index contributed by atoms with van der Waals surface area (Å²) in [5.41, 5.74) is 0. The Morgan fingerprint density at radius 2 is 0.375 bits per heavy atom. The van der Waals surface area contributed by atoms with E-state index in [2.05, 4.69) is 0 Å². The summed E-state index contributed by atoms with van der Waals surface area (Å²) < 4.78 is 0. The van der Waals surface area contributed by atoms with Crippen molar-refractivity contribution in [1.29, 1.82) is 0 Å². The fourth-order valence-electron chi connectivity index (χ4n) is 0. The Morgan fingerprint density at radius 1 is 0.375 bits per heavy atom. The molecular weight excluding hydrogens is 561 g/mol. The van der Waals surface area contributed by atoms with Crippen LogP contribution < -0.4 is 74.4 Å². The zero-order valence-electron chi connectivity index (χ0n) is 2.79. The van der Waals surface area contributed by atoms with Crippen LogP contribution in [-0.4, -0.2) is 0 Å². The summed E-state index contributed by atoms with van der Waals surface area (Å²) >= 11 is 0. The van der Waals surface area contributed by atoms with Crippen LogP contribution in [0, 0.1) is 83.8 Å². The van der Waals surface area contributed by atoms with E-state index >= 15 is 0 Å². The molecule has 8 heteroatoms. The van der Waals surface area contributed by atoms with Crippen molar-refractivity contribution >= 4 is 0 Å². The zero-order valence-corrected chi connectivity index (χ0v) is 10.7. The first-order valence-electron chi connectivity index (χ1n) is 0. The quantitative estimate of drug-likeness (QED) is 0.276. The molecule has 0 fully saturated rings. The monoisotopic (exact) mass is 559 g/mol. The molecule has 0 nitrogen and oxygen atoms in total. The van der Waals surface area contributed by atoms with Gasteiger partial charge in [-0.1, -0.05) is 0 Å². The molecule has 0 bridgehead atoms. The molecule has 0 aliphatic heterocycles. The Morgan fingerprint density at radius 3 is 0.375 bits per heavy atom. The van der Waals surface area contributed by atoms with Crippen LogP contribution >= 0.6 is 0 Å². The van der Waals surface area contributed by atoms with Crippen LogP contribution in [0.3, 0.4) is 0 Å². The average molecular weight is 561 g/mol. The van der Waals surface area contributed by atoms with Gasteiger partial charge in [0.2, 0.25) is 0 Å². The normalized spacial score (nSPS) is 0. The van der Waals surface area contributed by atoms with E-state index in [-0.39, 0.29) is 158 Å². The predicted octanol–water partition coefficient (Wildman–Crippen LogP) is -18.0. The van der Waals surface area contributed by atoms with Gasteiger partial charge in [-0.05, 0) is 0 Å². The van der Waals surface area contributed by atoms with Crippen molar-refractivity contribution < 1.29 is 158 Å². The Hall–Kier alpha value is 4.49. The number of hydrogen-bond donors (Lipinski definition) is 0. The Bertz CT molecular complexity index is 8.49. The summed E-state index contributed by atoms with van der Waals surface area (Å²) in [6.07, 6.45) is 0. The third-order valence-corrected chi connectivity index (χ3v) is 0. The molecule has 8 heavy (non-hydrogen) atoms. The van der Waals surface area contributed by atoms with Crippen molar-refractivity contribution in [3.63, 3.8) is 0 Å². The van der Waals surface area contributed by atoms with Gasteiger partial charge in [-0.25, -0.2) is 0 Å².